The van der Waals surface area contributed by atoms with E-state index in [1.807, 2.05) is 55.7 Å². The number of nitrogens with zero attached hydrogens (tertiary/aromatic N) is 2. The van der Waals surface area contributed by atoms with Crippen LogP contribution in [0.25, 0.3) is 11.1 Å². The first kappa shape index (κ1) is 54.5. The van der Waals surface area contributed by atoms with Gasteiger partial charge in [0.15, 0.2) is 0 Å². The van der Waals surface area contributed by atoms with Gasteiger partial charge in [-0.05, 0) is 74.9 Å². The SMILES string of the molecule is C[C@H](NC(=O)OCc1ccccc1)C(=O)N[C@@H](CC(=O)OC(C)(C)C)C(=O)N[C@@H](CC(N)=O)C(=O)NCCCN(C(=O)CO)[C@@H](c1cc(-c2cc(F)ccc2F)cn1Cc1ccccc1)C(C)(C)C. The number of halogens is 2. The Morgan fingerprint density at radius 2 is 1.39 bits per heavy atom. The third-order valence-corrected chi connectivity index (χ3v) is 10.5. The third kappa shape index (κ3) is 17.2. The monoisotopic (exact) mass is 959 g/mol. The van der Waals surface area contributed by atoms with E-state index in [0.29, 0.717) is 23.4 Å². The number of carbonyl (C=O) groups excluding carboxylic acids is 7. The number of hydrogen-bond acceptors (Lipinski definition) is 10. The Kier molecular flexibility index (Phi) is 19.5. The zero-order valence-corrected chi connectivity index (χ0v) is 40.0. The van der Waals surface area contributed by atoms with E-state index >= 15 is 4.39 Å². The Balaban J connectivity index is 1.52. The van der Waals surface area contributed by atoms with E-state index in [0.717, 1.165) is 23.8 Å². The first-order valence-corrected chi connectivity index (χ1v) is 22.4. The lowest BCUT2D eigenvalue weighted by Gasteiger charge is -2.41. The van der Waals surface area contributed by atoms with E-state index < -0.39 is 108 Å². The highest BCUT2D eigenvalue weighted by atomic mass is 19.1. The van der Waals surface area contributed by atoms with Crippen LogP contribution in [0.5, 0.6) is 0 Å². The van der Waals surface area contributed by atoms with Crippen LogP contribution in [0.3, 0.4) is 0 Å². The van der Waals surface area contributed by atoms with Crippen molar-refractivity contribution in [3.05, 3.63) is 120 Å². The molecule has 17 nitrogen and oxygen atoms in total. The van der Waals surface area contributed by atoms with Gasteiger partial charge in [-0.1, -0.05) is 81.4 Å². The van der Waals surface area contributed by atoms with Gasteiger partial charge < -0.3 is 51.0 Å². The van der Waals surface area contributed by atoms with Crippen molar-refractivity contribution in [2.24, 2.45) is 11.1 Å². The van der Waals surface area contributed by atoms with Crippen LogP contribution >= 0.6 is 0 Å². The van der Waals surface area contributed by atoms with Gasteiger partial charge in [0, 0.05) is 42.7 Å². The molecule has 0 aliphatic carbocycles. The fraction of sp³-hybridized carbons (Fsp3) is 0.420. The molecule has 69 heavy (non-hydrogen) atoms. The number of aliphatic hydroxyl groups excluding tert-OH is 1. The molecule has 0 radical (unpaired) electrons. The van der Waals surface area contributed by atoms with Gasteiger partial charge in [0.1, 0.15) is 48.6 Å². The quantitative estimate of drug-likeness (QED) is 0.0465. The molecule has 0 spiro atoms. The molecule has 3 aromatic carbocycles. The molecule has 0 fully saturated rings. The zero-order chi connectivity index (χ0) is 51.1. The summed E-state index contributed by atoms with van der Waals surface area (Å²) in [6.07, 6.45) is -0.567. The number of nitrogens with two attached hydrogens (primary N) is 1. The van der Waals surface area contributed by atoms with Crippen LogP contribution in [0, 0.1) is 17.0 Å². The van der Waals surface area contributed by atoms with Gasteiger partial charge in [0.05, 0.1) is 18.9 Å². The first-order chi connectivity index (χ1) is 32.4. The molecule has 0 aliphatic rings. The minimum absolute atomic E-state index is 0.0120. The highest BCUT2D eigenvalue weighted by Crippen LogP contribution is 2.41. The fourth-order valence-corrected chi connectivity index (χ4v) is 7.43. The summed E-state index contributed by atoms with van der Waals surface area (Å²) in [6.45, 7) is 10.9. The molecule has 4 atom stereocenters. The van der Waals surface area contributed by atoms with Gasteiger partial charge in [-0.15, -0.1) is 0 Å². The lowest BCUT2D eigenvalue weighted by Crippen LogP contribution is -2.57. The number of rotatable bonds is 22. The standard InChI is InChI=1S/C50H63F2N7O10/c1-31(55-48(67)68-30-33-17-12-9-13-18-33)45(64)56-39(26-43(63)69-50(5,6)7)47(66)57-38(25-41(53)61)46(65)54-21-14-22-59(42(62)29-60)44(49(2,3)4)40-23-34(36-24-35(51)19-20-37(36)52)28-58(40)27-32-15-10-8-11-16-32/h8-13,15-20,23-24,28,31,38-39,44,60H,14,21-22,25-27,29-30H2,1-7H3,(H2,53,61)(H,54,65)(H,55,67)(H,56,64)(H,57,66)/t31-,38-,39-,44-/m0/s1. The van der Waals surface area contributed by atoms with Gasteiger partial charge in [-0.25, -0.2) is 13.6 Å². The van der Waals surface area contributed by atoms with Crippen LogP contribution in [0.1, 0.15) is 90.6 Å². The number of carbonyl (C=O) groups is 7. The summed E-state index contributed by atoms with van der Waals surface area (Å²) < 4.78 is 42.0. The van der Waals surface area contributed by atoms with E-state index in [4.69, 9.17) is 15.2 Å². The van der Waals surface area contributed by atoms with Crippen molar-refractivity contribution in [3.8, 4) is 11.1 Å². The average molecular weight is 960 g/mol. The smallest absolute Gasteiger partial charge is 0.408 e. The van der Waals surface area contributed by atoms with Crippen molar-refractivity contribution in [2.45, 2.75) is 111 Å². The summed E-state index contributed by atoms with van der Waals surface area (Å²) in [5, 5.41) is 20.0. The van der Waals surface area contributed by atoms with Crippen LogP contribution in [0.15, 0.2) is 91.1 Å². The second kappa shape index (κ2) is 24.7. The Morgan fingerprint density at radius 1 is 0.783 bits per heavy atom. The Bertz CT molecular complexity index is 2420. The summed E-state index contributed by atoms with van der Waals surface area (Å²) >= 11 is 0. The summed E-state index contributed by atoms with van der Waals surface area (Å²) in [6, 6.07) is 17.7. The largest absolute Gasteiger partial charge is 0.460 e. The Labute approximate surface area is 400 Å². The van der Waals surface area contributed by atoms with E-state index in [1.165, 1.54) is 11.8 Å². The van der Waals surface area contributed by atoms with E-state index in [9.17, 15) is 43.1 Å². The molecule has 0 saturated heterocycles. The van der Waals surface area contributed by atoms with E-state index in [1.54, 1.807) is 63.4 Å². The second-order valence-electron chi connectivity index (χ2n) is 18.6. The van der Waals surface area contributed by atoms with Crippen molar-refractivity contribution in [1.29, 1.82) is 0 Å². The molecule has 1 heterocycles. The molecule has 0 aliphatic heterocycles. The number of aromatic nitrogens is 1. The predicted octanol–water partition coefficient (Wildman–Crippen LogP) is 4.79. The molecular weight excluding hydrogens is 897 g/mol. The molecule has 1 aromatic heterocycles. The number of amides is 6. The molecule has 0 bridgehead atoms. The lowest BCUT2D eigenvalue weighted by molar-refractivity contribution is -0.156. The molecule has 0 saturated carbocycles. The number of hydrogen-bond donors (Lipinski definition) is 6. The predicted molar refractivity (Wildman–Crippen MR) is 251 cm³/mol. The highest BCUT2D eigenvalue weighted by Gasteiger charge is 2.37. The molecular formula is C50H63F2N7O10. The van der Waals surface area contributed by atoms with Gasteiger partial charge in [0.25, 0.3) is 0 Å². The molecule has 7 N–H and O–H groups in total. The van der Waals surface area contributed by atoms with Crippen LogP contribution in [0.4, 0.5) is 13.6 Å². The number of alkyl carbamates (subject to hydrolysis) is 1. The Morgan fingerprint density at radius 3 is 1.99 bits per heavy atom. The minimum atomic E-state index is -1.66. The van der Waals surface area contributed by atoms with Crippen molar-refractivity contribution in [2.75, 3.05) is 19.7 Å². The van der Waals surface area contributed by atoms with E-state index in [-0.39, 0.29) is 31.7 Å². The van der Waals surface area contributed by atoms with Crippen LogP contribution in [-0.4, -0.2) is 99.6 Å². The molecule has 372 valence electrons. The third-order valence-electron chi connectivity index (χ3n) is 10.5. The summed E-state index contributed by atoms with van der Waals surface area (Å²) in [5.41, 5.74) is 6.28. The number of primary amides is 1. The number of aliphatic hydroxyl groups is 1. The van der Waals surface area contributed by atoms with Crippen LogP contribution in [0.2, 0.25) is 0 Å². The van der Waals surface area contributed by atoms with Gasteiger partial charge in [-0.2, -0.15) is 0 Å². The number of ether oxygens (including phenoxy) is 2. The summed E-state index contributed by atoms with van der Waals surface area (Å²) in [5.74, 6) is -6.63. The molecule has 0 unspecified atom stereocenters. The van der Waals surface area contributed by atoms with Crippen molar-refractivity contribution in [3.63, 3.8) is 0 Å². The number of benzene rings is 3. The maximum absolute atomic E-state index is 15.2. The van der Waals surface area contributed by atoms with Crippen molar-refractivity contribution >= 4 is 41.6 Å². The van der Waals surface area contributed by atoms with Crippen molar-refractivity contribution < 1.29 is 56.9 Å². The second-order valence-corrected chi connectivity index (χ2v) is 18.6. The van der Waals surface area contributed by atoms with Crippen LogP contribution in [-0.2, 0) is 51.4 Å². The fourth-order valence-electron chi connectivity index (χ4n) is 7.43. The van der Waals surface area contributed by atoms with Crippen LogP contribution < -0.4 is 27.0 Å². The molecule has 4 rings (SSSR count). The maximum atomic E-state index is 15.2. The zero-order valence-electron chi connectivity index (χ0n) is 40.0. The van der Waals surface area contributed by atoms with Crippen molar-refractivity contribution in [1.82, 2.24) is 30.7 Å². The van der Waals surface area contributed by atoms with Gasteiger partial charge in [-0.3, -0.25) is 28.8 Å². The number of nitrogens with one attached hydrogen (secondary N) is 4. The topological polar surface area (TPSA) is 240 Å². The minimum Gasteiger partial charge on any atom is -0.460 e. The lowest BCUT2D eigenvalue weighted by atomic mass is 9.83. The molecule has 19 heteroatoms. The molecule has 4 aromatic rings. The average Bonchev–Trinajstić information content (AvgIpc) is 3.67. The summed E-state index contributed by atoms with van der Waals surface area (Å²) in [4.78, 5) is 93.5. The molecule has 6 amide bonds. The highest BCUT2D eigenvalue weighted by molar-refractivity contribution is 5.97. The maximum Gasteiger partial charge on any atom is 0.408 e. The number of esters is 1. The van der Waals surface area contributed by atoms with E-state index in [2.05, 4.69) is 21.3 Å². The van der Waals surface area contributed by atoms with Gasteiger partial charge in [0.2, 0.25) is 29.5 Å². The normalized spacial score (nSPS) is 13.2. The summed E-state index contributed by atoms with van der Waals surface area (Å²) in [7, 11) is 0. The Hall–Kier alpha value is -7.15. The first-order valence-electron chi connectivity index (χ1n) is 22.4. The van der Waals surface area contributed by atoms with Gasteiger partial charge >= 0.3 is 12.1 Å².